The summed E-state index contributed by atoms with van der Waals surface area (Å²) in [5, 5.41) is 14.4. The first-order chi connectivity index (χ1) is 8.81. The second-order valence-corrected chi connectivity index (χ2v) is 5.72. The molecule has 5 nitrogen and oxygen atoms in total. The van der Waals surface area contributed by atoms with E-state index in [1.165, 1.54) is 0 Å². The number of carboxylic acids is 1. The van der Waals surface area contributed by atoms with Gasteiger partial charge in [-0.1, -0.05) is 33.6 Å². The molecule has 1 unspecified atom stereocenters. The van der Waals surface area contributed by atoms with Crippen LogP contribution in [0.3, 0.4) is 0 Å². The van der Waals surface area contributed by atoms with Crippen molar-refractivity contribution in [2.75, 3.05) is 13.1 Å². The standard InChI is InChI=1S/C14H28N2O3/c1-5-14(4,12(17)18)10-16-13(19)15-9-7-6-8-11(2)3/h11H,5-10H2,1-4H3,(H,17,18)(H2,15,16,19). The van der Waals surface area contributed by atoms with Gasteiger partial charge in [-0.3, -0.25) is 4.79 Å². The summed E-state index contributed by atoms with van der Waals surface area (Å²) in [5.41, 5.74) is -0.894. The molecule has 0 aliphatic rings. The third-order valence-corrected chi connectivity index (χ3v) is 3.43. The van der Waals surface area contributed by atoms with E-state index in [0.29, 0.717) is 18.9 Å². The van der Waals surface area contributed by atoms with Crippen LogP contribution in [0.25, 0.3) is 0 Å². The van der Waals surface area contributed by atoms with Gasteiger partial charge in [0.05, 0.1) is 5.41 Å². The smallest absolute Gasteiger partial charge is 0.314 e. The maximum absolute atomic E-state index is 11.5. The highest BCUT2D eigenvalue weighted by atomic mass is 16.4. The van der Waals surface area contributed by atoms with Crippen molar-refractivity contribution in [2.45, 2.75) is 53.4 Å². The van der Waals surface area contributed by atoms with Crippen molar-refractivity contribution in [2.24, 2.45) is 11.3 Å². The molecule has 0 saturated heterocycles. The second kappa shape index (κ2) is 8.77. The number of nitrogens with one attached hydrogen (secondary N) is 2. The number of carboxylic acid groups (broad SMARTS) is 1. The number of carbonyl (C=O) groups is 2. The lowest BCUT2D eigenvalue weighted by Crippen LogP contribution is -2.44. The molecule has 0 rings (SSSR count). The summed E-state index contributed by atoms with van der Waals surface area (Å²) in [6, 6.07) is -0.287. The van der Waals surface area contributed by atoms with Crippen molar-refractivity contribution in [1.29, 1.82) is 0 Å². The number of unbranched alkanes of at least 4 members (excludes halogenated alkanes) is 1. The van der Waals surface area contributed by atoms with Crippen LogP contribution in [-0.4, -0.2) is 30.2 Å². The molecule has 0 aliphatic carbocycles. The van der Waals surface area contributed by atoms with E-state index in [1.54, 1.807) is 13.8 Å². The van der Waals surface area contributed by atoms with Gasteiger partial charge >= 0.3 is 12.0 Å². The first-order valence-electron chi connectivity index (χ1n) is 7.07. The summed E-state index contributed by atoms with van der Waals surface area (Å²) in [5.74, 6) is -0.193. The SMILES string of the molecule is CCC(C)(CNC(=O)NCCCCC(C)C)C(=O)O. The molecular formula is C14H28N2O3. The van der Waals surface area contributed by atoms with E-state index < -0.39 is 11.4 Å². The van der Waals surface area contributed by atoms with E-state index in [4.69, 9.17) is 5.11 Å². The van der Waals surface area contributed by atoms with E-state index in [0.717, 1.165) is 19.3 Å². The van der Waals surface area contributed by atoms with Gasteiger partial charge in [0.2, 0.25) is 0 Å². The molecule has 2 amide bonds. The number of hydrogen-bond acceptors (Lipinski definition) is 2. The maximum Gasteiger partial charge on any atom is 0.314 e. The molecule has 0 radical (unpaired) electrons. The molecule has 0 saturated carbocycles. The summed E-state index contributed by atoms with van der Waals surface area (Å²) in [6.07, 6.45) is 3.70. The predicted octanol–water partition coefficient (Wildman–Crippen LogP) is 2.61. The molecule has 0 bridgehead atoms. The number of amides is 2. The summed E-state index contributed by atoms with van der Waals surface area (Å²) in [7, 11) is 0. The lowest BCUT2D eigenvalue weighted by Gasteiger charge is -2.23. The zero-order chi connectivity index (χ0) is 14.9. The van der Waals surface area contributed by atoms with E-state index in [9.17, 15) is 9.59 Å². The minimum Gasteiger partial charge on any atom is -0.481 e. The minimum atomic E-state index is -0.894. The molecule has 0 heterocycles. The van der Waals surface area contributed by atoms with Gasteiger partial charge in [0, 0.05) is 13.1 Å². The Morgan fingerprint density at radius 1 is 1.21 bits per heavy atom. The Morgan fingerprint density at radius 3 is 2.32 bits per heavy atom. The average Bonchev–Trinajstić information content (AvgIpc) is 2.34. The normalized spacial score (nSPS) is 13.9. The van der Waals surface area contributed by atoms with E-state index in [-0.39, 0.29) is 12.6 Å². The number of urea groups is 1. The van der Waals surface area contributed by atoms with Crippen LogP contribution in [0.15, 0.2) is 0 Å². The molecule has 0 aromatic carbocycles. The number of rotatable bonds is 9. The Bertz CT molecular complexity index is 292. The fourth-order valence-electron chi connectivity index (χ4n) is 1.57. The zero-order valence-electron chi connectivity index (χ0n) is 12.6. The molecule has 0 spiro atoms. The average molecular weight is 272 g/mol. The zero-order valence-corrected chi connectivity index (χ0v) is 12.6. The van der Waals surface area contributed by atoms with E-state index >= 15 is 0 Å². The van der Waals surface area contributed by atoms with Crippen LogP contribution in [0.1, 0.15) is 53.4 Å². The Morgan fingerprint density at radius 2 is 1.84 bits per heavy atom. The van der Waals surface area contributed by atoms with Crippen molar-refractivity contribution in [3.05, 3.63) is 0 Å². The van der Waals surface area contributed by atoms with Crippen molar-refractivity contribution in [3.8, 4) is 0 Å². The van der Waals surface area contributed by atoms with Gasteiger partial charge in [-0.25, -0.2) is 4.79 Å². The van der Waals surface area contributed by atoms with Gasteiger partial charge in [0.25, 0.3) is 0 Å². The fourth-order valence-corrected chi connectivity index (χ4v) is 1.57. The van der Waals surface area contributed by atoms with Gasteiger partial charge in [0.15, 0.2) is 0 Å². The molecule has 0 fully saturated rings. The Labute approximate surface area is 116 Å². The van der Waals surface area contributed by atoms with Crippen molar-refractivity contribution < 1.29 is 14.7 Å². The fraction of sp³-hybridized carbons (Fsp3) is 0.857. The first-order valence-corrected chi connectivity index (χ1v) is 7.07. The largest absolute Gasteiger partial charge is 0.481 e. The monoisotopic (exact) mass is 272 g/mol. The Kier molecular flexibility index (Phi) is 8.19. The molecule has 0 aliphatic heterocycles. The molecule has 112 valence electrons. The van der Waals surface area contributed by atoms with Gasteiger partial charge in [0.1, 0.15) is 0 Å². The lowest BCUT2D eigenvalue weighted by atomic mass is 9.88. The number of hydrogen-bond donors (Lipinski definition) is 3. The first kappa shape index (κ1) is 17.7. The van der Waals surface area contributed by atoms with Crippen molar-refractivity contribution >= 4 is 12.0 Å². The summed E-state index contributed by atoms with van der Waals surface area (Å²) >= 11 is 0. The number of aliphatic carboxylic acids is 1. The number of carbonyl (C=O) groups excluding carboxylic acids is 1. The van der Waals surface area contributed by atoms with Crippen molar-refractivity contribution in [3.63, 3.8) is 0 Å². The van der Waals surface area contributed by atoms with Gasteiger partial charge < -0.3 is 15.7 Å². The third kappa shape index (κ3) is 7.70. The summed E-state index contributed by atoms with van der Waals surface area (Å²) < 4.78 is 0. The minimum absolute atomic E-state index is 0.149. The van der Waals surface area contributed by atoms with Gasteiger partial charge in [-0.2, -0.15) is 0 Å². The van der Waals surface area contributed by atoms with Gasteiger partial charge in [-0.15, -0.1) is 0 Å². The van der Waals surface area contributed by atoms with Crippen LogP contribution < -0.4 is 10.6 Å². The van der Waals surface area contributed by atoms with Crippen molar-refractivity contribution in [1.82, 2.24) is 10.6 Å². The Hall–Kier alpha value is -1.26. The van der Waals surface area contributed by atoms with Crippen LogP contribution in [0, 0.1) is 11.3 Å². The van der Waals surface area contributed by atoms with E-state index in [1.807, 2.05) is 0 Å². The highest BCUT2D eigenvalue weighted by molar-refractivity contribution is 5.77. The molecule has 19 heavy (non-hydrogen) atoms. The summed E-state index contributed by atoms with van der Waals surface area (Å²) in [4.78, 5) is 22.6. The molecular weight excluding hydrogens is 244 g/mol. The predicted molar refractivity (Wildman–Crippen MR) is 76.1 cm³/mol. The second-order valence-electron chi connectivity index (χ2n) is 5.72. The van der Waals surface area contributed by atoms with Gasteiger partial charge in [-0.05, 0) is 25.7 Å². The highest BCUT2D eigenvalue weighted by Gasteiger charge is 2.31. The quantitative estimate of drug-likeness (QED) is 0.564. The van der Waals surface area contributed by atoms with Crippen LogP contribution in [-0.2, 0) is 4.79 Å². The molecule has 0 aromatic heterocycles. The topological polar surface area (TPSA) is 78.4 Å². The Balaban J connectivity index is 3.78. The van der Waals surface area contributed by atoms with Crippen LogP contribution in [0.2, 0.25) is 0 Å². The molecule has 5 heteroatoms. The third-order valence-electron chi connectivity index (χ3n) is 3.43. The highest BCUT2D eigenvalue weighted by Crippen LogP contribution is 2.19. The lowest BCUT2D eigenvalue weighted by molar-refractivity contribution is -0.147. The van der Waals surface area contributed by atoms with Crippen LogP contribution in [0.5, 0.6) is 0 Å². The maximum atomic E-state index is 11.5. The molecule has 0 aromatic rings. The van der Waals surface area contributed by atoms with Crippen LogP contribution in [0.4, 0.5) is 4.79 Å². The molecule has 3 N–H and O–H groups in total. The molecule has 1 atom stereocenters. The van der Waals surface area contributed by atoms with E-state index in [2.05, 4.69) is 24.5 Å². The van der Waals surface area contributed by atoms with Crippen LogP contribution >= 0.6 is 0 Å². The summed E-state index contributed by atoms with van der Waals surface area (Å²) in [6.45, 7) is 8.58.